The molecule has 1 atom stereocenters. The summed E-state index contributed by atoms with van der Waals surface area (Å²) in [5.74, 6) is -0.00747. The molecule has 0 saturated carbocycles. The summed E-state index contributed by atoms with van der Waals surface area (Å²) >= 11 is 0. The number of aromatic nitrogens is 3. The van der Waals surface area contributed by atoms with E-state index in [1.807, 2.05) is 49.2 Å². The molecule has 1 aliphatic rings. The molecule has 1 fully saturated rings. The second kappa shape index (κ2) is 8.07. The Morgan fingerprint density at radius 1 is 1.21 bits per heavy atom. The van der Waals surface area contributed by atoms with Crippen LogP contribution < -0.4 is 5.56 Å². The van der Waals surface area contributed by atoms with Crippen LogP contribution in [0.25, 0.3) is 11.1 Å². The number of pyridine rings is 1. The summed E-state index contributed by atoms with van der Waals surface area (Å²) in [5.41, 5.74) is 4.17. The highest BCUT2D eigenvalue weighted by Crippen LogP contribution is 2.33. The van der Waals surface area contributed by atoms with Gasteiger partial charge in [0.1, 0.15) is 5.56 Å². The van der Waals surface area contributed by atoms with Gasteiger partial charge in [0.2, 0.25) is 0 Å². The number of H-pyrrole nitrogens is 1. The number of nitrogens with one attached hydrogen (secondary N) is 1. The molecule has 6 heteroatoms. The van der Waals surface area contributed by atoms with Crippen LogP contribution in [-0.4, -0.2) is 38.7 Å². The highest BCUT2D eigenvalue weighted by Gasteiger charge is 2.29. The van der Waals surface area contributed by atoms with Crippen LogP contribution >= 0.6 is 0 Å². The minimum atomic E-state index is -0.203. The number of carbonyl (C=O) groups excluding carboxylic acids is 1. The van der Waals surface area contributed by atoms with E-state index < -0.39 is 0 Å². The van der Waals surface area contributed by atoms with Crippen molar-refractivity contribution >= 4 is 5.91 Å². The lowest BCUT2D eigenvalue weighted by Gasteiger charge is -2.32. The van der Waals surface area contributed by atoms with Crippen LogP contribution in [0, 0.1) is 6.92 Å². The molecule has 29 heavy (non-hydrogen) atoms. The van der Waals surface area contributed by atoms with E-state index in [-0.39, 0.29) is 22.9 Å². The van der Waals surface area contributed by atoms with Crippen molar-refractivity contribution in [2.45, 2.75) is 39.2 Å². The fraction of sp³-hybridized carbons (Fsp3) is 0.348. The minimum Gasteiger partial charge on any atom is -0.338 e. The number of nitrogens with zero attached hydrogens (tertiary/aromatic N) is 3. The summed E-state index contributed by atoms with van der Waals surface area (Å²) in [6, 6.07) is 13.7. The molecule has 6 nitrogen and oxygen atoms in total. The second-order valence-electron chi connectivity index (χ2n) is 7.59. The summed E-state index contributed by atoms with van der Waals surface area (Å²) in [6.45, 7) is 5.62. The average molecular weight is 390 g/mol. The van der Waals surface area contributed by atoms with E-state index in [1.54, 1.807) is 10.6 Å². The van der Waals surface area contributed by atoms with Gasteiger partial charge < -0.3 is 9.47 Å². The number of aryl methyl sites for hydroxylation is 1. The molecule has 1 saturated heterocycles. The topological polar surface area (TPSA) is 71.0 Å². The second-order valence-corrected chi connectivity index (χ2v) is 7.59. The normalized spacial score (nSPS) is 16.8. The largest absolute Gasteiger partial charge is 0.338 e. The van der Waals surface area contributed by atoms with Crippen LogP contribution in [0.15, 0.2) is 53.5 Å². The Labute approximate surface area is 170 Å². The van der Waals surface area contributed by atoms with Crippen molar-refractivity contribution in [2.75, 3.05) is 13.1 Å². The Morgan fingerprint density at radius 3 is 2.76 bits per heavy atom. The quantitative estimate of drug-likeness (QED) is 0.740. The van der Waals surface area contributed by atoms with E-state index in [2.05, 4.69) is 22.3 Å². The van der Waals surface area contributed by atoms with E-state index in [1.165, 1.54) is 0 Å². The SMILES string of the molecule is CCn1c(C)ccc(C(=O)N2CCCC(c3[nH]ncc3-c3ccccc3)C2)c1=O. The van der Waals surface area contributed by atoms with Crippen molar-refractivity contribution in [2.24, 2.45) is 0 Å². The van der Waals surface area contributed by atoms with Gasteiger partial charge in [0, 0.05) is 42.5 Å². The van der Waals surface area contributed by atoms with Gasteiger partial charge in [-0.3, -0.25) is 14.7 Å². The summed E-state index contributed by atoms with van der Waals surface area (Å²) in [4.78, 5) is 27.7. The van der Waals surface area contributed by atoms with E-state index in [0.29, 0.717) is 19.6 Å². The van der Waals surface area contributed by atoms with Crippen LogP contribution in [-0.2, 0) is 6.54 Å². The predicted molar refractivity (Wildman–Crippen MR) is 113 cm³/mol. The Bertz CT molecular complexity index is 1070. The smallest absolute Gasteiger partial charge is 0.263 e. The Morgan fingerprint density at radius 2 is 2.00 bits per heavy atom. The van der Waals surface area contributed by atoms with Gasteiger partial charge in [-0.1, -0.05) is 30.3 Å². The third-order valence-electron chi connectivity index (χ3n) is 5.81. The first-order chi connectivity index (χ1) is 14.1. The van der Waals surface area contributed by atoms with Gasteiger partial charge in [0.05, 0.1) is 6.20 Å². The molecular weight excluding hydrogens is 364 g/mol. The number of aromatic amines is 1. The first kappa shape index (κ1) is 19.2. The first-order valence-electron chi connectivity index (χ1n) is 10.2. The molecule has 1 amide bonds. The van der Waals surface area contributed by atoms with Gasteiger partial charge in [0.25, 0.3) is 11.5 Å². The number of carbonyl (C=O) groups is 1. The van der Waals surface area contributed by atoms with Crippen LogP contribution in [0.3, 0.4) is 0 Å². The predicted octanol–water partition coefficient (Wildman–Crippen LogP) is 3.59. The molecule has 0 bridgehead atoms. The molecule has 3 aromatic rings. The summed E-state index contributed by atoms with van der Waals surface area (Å²) in [5, 5.41) is 7.42. The molecule has 4 rings (SSSR count). The molecule has 150 valence electrons. The van der Waals surface area contributed by atoms with E-state index in [4.69, 9.17) is 0 Å². The van der Waals surface area contributed by atoms with E-state index in [0.717, 1.165) is 35.4 Å². The van der Waals surface area contributed by atoms with Gasteiger partial charge in [-0.2, -0.15) is 5.10 Å². The average Bonchev–Trinajstić information content (AvgIpc) is 3.24. The molecule has 1 N–H and O–H groups in total. The number of rotatable bonds is 4. The number of likely N-dealkylation sites (tertiary alicyclic amines) is 1. The zero-order chi connectivity index (χ0) is 20.4. The highest BCUT2D eigenvalue weighted by atomic mass is 16.2. The number of piperidine rings is 1. The Kier molecular flexibility index (Phi) is 5.34. The van der Waals surface area contributed by atoms with Crippen molar-refractivity contribution in [3.05, 3.63) is 76.0 Å². The van der Waals surface area contributed by atoms with Crippen LogP contribution in [0.5, 0.6) is 0 Å². The molecule has 0 radical (unpaired) electrons. The van der Waals surface area contributed by atoms with Gasteiger partial charge in [-0.25, -0.2) is 0 Å². The molecule has 2 aromatic heterocycles. The third-order valence-corrected chi connectivity index (χ3v) is 5.81. The minimum absolute atomic E-state index is 0.171. The number of hydrogen-bond acceptors (Lipinski definition) is 3. The molecule has 1 aliphatic heterocycles. The number of benzene rings is 1. The molecular formula is C23H26N4O2. The Balaban J connectivity index is 1.60. The van der Waals surface area contributed by atoms with Crippen LogP contribution in [0.1, 0.15) is 47.4 Å². The molecule has 0 spiro atoms. The fourth-order valence-electron chi connectivity index (χ4n) is 4.25. The van der Waals surface area contributed by atoms with E-state index in [9.17, 15) is 9.59 Å². The lowest BCUT2D eigenvalue weighted by Crippen LogP contribution is -2.42. The maximum Gasteiger partial charge on any atom is 0.263 e. The molecule has 3 heterocycles. The van der Waals surface area contributed by atoms with Crippen molar-refractivity contribution in [3.8, 4) is 11.1 Å². The van der Waals surface area contributed by atoms with Gasteiger partial charge in [0.15, 0.2) is 0 Å². The molecule has 1 unspecified atom stereocenters. The summed E-state index contributed by atoms with van der Waals surface area (Å²) < 4.78 is 1.65. The van der Waals surface area contributed by atoms with Crippen molar-refractivity contribution in [3.63, 3.8) is 0 Å². The summed E-state index contributed by atoms with van der Waals surface area (Å²) in [7, 11) is 0. The highest BCUT2D eigenvalue weighted by molar-refractivity contribution is 5.94. The number of hydrogen-bond donors (Lipinski definition) is 1. The van der Waals surface area contributed by atoms with Gasteiger partial charge in [-0.05, 0) is 44.4 Å². The monoisotopic (exact) mass is 390 g/mol. The lowest BCUT2D eigenvalue weighted by atomic mass is 9.90. The lowest BCUT2D eigenvalue weighted by molar-refractivity contribution is 0.0703. The Hall–Kier alpha value is -3.15. The van der Waals surface area contributed by atoms with Crippen LogP contribution in [0.2, 0.25) is 0 Å². The van der Waals surface area contributed by atoms with Gasteiger partial charge in [-0.15, -0.1) is 0 Å². The van der Waals surface area contributed by atoms with Gasteiger partial charge >= 0.3 is 0 Å². The maximum atomic E-state index is 13.2. The third kappa shape index (κ3) is 3.62. The fourth-order valence-corrected chi connectivity index (χ4v) is 4.25. The zero-order valence-electron chi connectivity index (χ0n) is 16.9. The standard InChI is InChI=1S/C23H26N4O2/c1-3-27-16(2)11-12-19(23(27)29)22(28)26-13-7-10-18(15-26)21-20(14-24-25-21)17-8-5-4-6-9-17/h4-6,8-9,11-12,14,18H,3,7,10,13,15H2,1-2H3,(H,24,25). The number of amides is 1. The zero-order valence-corrected chi connectivity index (χ0v) is 16.9. The molecule has 0 aliphatic carbocycles. The van der Waals surface area contributed by atoms with E-state index >= 15 is 0 Å². The first-order valence-corrected chi connectivity index (χ1v) is 10.2. The van der Waals surface area contributed by atoms with Crippen LogP contribution in [0.4, 0.5) is 0 Å². The van der Waals surface area contributed by atoms with Crippen molar-refractivity contribution in [1.82, 2.24) is 19.7 Å². The summed E-state index contributed by atoms with van der Waals surface area (Å²) in [6.07, 6.45) is 3.74. The van der Waals surface area contributed by atoms with Crippen molar-refractivity contribution in [1.29, 1.82) is 0 Å². The maximum absolute atomic E-state index is 13.2. The molecule has 1 aromatic carbocycles. The van der Waals surface area contributed by atoms with Crippen molar-refractivity contribution < 1.29 is 4.79 Å².